The highest BCUT2D eigenvalue weighted by atomic mass is 35.5. The molecule has 30 heavy (non-hydrogen) atoms. The molecule has 2 aromatic heterocycles. The van der Waals surface area contributed by atoms with Gasteiger partial charge in [0.2, 0.25) is 5.91 Å². The fourth-order valence-electron chi connectivity index (χ4n) is 2.89. The molecule has 0 bridgehead atoms. The minimum absolute atomic E-state index is 0.273. The van der Waals surface area contributed by atoms with E-state index in [9.17, 15) is 4.79 Å². The van der Waals surface area contributed by atoms with Crippen LogP contribution in [0.15, 0.2) is 79.1 Å². The van der Waals surface area contributed by atoms with E-state index in [0.717, 1.165) is 11.1 Å². The van der Waals surface area contributed by atoms with E-state index in [2.05, 4.69) is 20.7 Å². The van der Waals surface area contributed by atoms with Crippen LogP contribution in [0.3, 0.4) is 0 Å². The van der Waals surface area contributed by atoms with Crippen LogP contribution in [-0.2, 0) is 17.9 Å². The molecule has 0 unspecified atom stereocenters. The number of benzene rings is 2. The van der Waals surface area contributed by atoms with Gasteiger partial charge in [0, 0.05) is 17.2 Å². The molecule has 150 valence electrons. The first-order valence-corrected chi connectivity index (χ1v) is 9.73. The number of hydrogen-bond acceptors (Lipinski definition) is 4. The maximum absolute atomic E-state index is 12.3. The van der Waals surface area contributed by atoms with Crippen LogP contribution < -0.4 is 5.32 Å². The van der Waals surface area contributed by atoms with Gasteiger partial charge >= 0.3 is 0 Å². The van der Waals surface area contributed by atoms with Crippen molar-refractivity contribution in [3.8, 4) is 0 Å². The lowest BCUT2D eigenvalue weighted by atomic mass is 10.2. The summed E-state index contributed by atoms with van der Waals surface area (Å²) in [5.41, 5.74) is 2.77. The van der Waals surface area contributed by atoms with E-state index in [-0.39, 0.29) is 5.91 Å². The fraction of sp³-hybridized carbons (Fsp3) is 0.0909. The summed E-state index contributed by atoms with van der Waals surface area (Å²) >= 11 is 5.92. The lowest BCUT2D eigenvalue weighted by molar-refractivity contribution is -0.111. The van der Waals surface area contributed by atoms with Crippen molar-refractivity contribution in [1.29, 1.82) is 0 Å². The molecule has 2 aromatic carbocycles. The normalized spacial score (nSPS) is 11.1. The van der Waals surface area contributed by atoms with E-state index < -0.39 is 0 Å². The number of aromatic nitrogens is 5. The number of amides is 1. The summed E-state index contributed by atoms with van der Waals surface area (Å²) in [6.07, 6.45) is 6.49. The zero-order chi connectivity index (χ0) is 20.8. The summed E-state index contributed by atoms with van der Waals surface area (Å²) in [4.78, 5) is 12.3. The number of hydrogen-bond donors (Lipinski definition) is 1. The molecule has 4 aromatic rings. The van der Waals surface area contributed by atoms with Gasteiger partial charge in [-0.1, -0.05) is 59.3 Å². The Hall–Kier alpha value is -3.71. The number of anilines is 1. The zero-order valence-corrected chi connectivity index (χ0v) is 16.8. The highest BCUT2D eigenvalue weighted by Crippen LogP contribution is 2.13. The smallest absolute Gasteiger partial charge is 0.249 e. The molecular weight excluding hydrogens is 400 g/mol. The Balaban J connectivity index is 1.35. The minimum Gasteiger partial charge on any atom is -0.307 e. The number of nitrogens with one attached hydrogen (secondary N) is 1. The third-order valence-corrected chi connectivity index (χ3v) is 4.61. The Morgan fingerprint density at radius 1 is 1.00 bits per heavy atom. The highest BCUT2D eigenvalue weighted by molar-refractivity contribution is 6.30. The summed E-state index contributed by atoms with van der Waals surface area (Å²) in [7, 11) is 0. The molecule has 0 spiro atoms. The molecule has 0 saturated carbocycles. The summed E-state index contributed by atoms with van der Waals surface area (Å²) in [6.45, 7) is 1.15. The summed E-state index contributed by atoms with van der Waals surface area (Å²) < 4.78 is 3.44. The molecule has 0 aliphatic rings. The van der Waals surface area contributed by atoms with Crippen molar-refractivity contribution in [2.75, 3.05) is 5.32 Å². The van der Waals surface area contributed by atoms with Gasteiger partial charge in [0.25, 0.3) is 0 Å². The molecule has 8 heteroatoms. The molecule has 7 nitrogen and oxygen atoms in total. The maximum atomic E-state index is 12.3. The molecule has 0 atom stereocenters. The fourth-order valence-corrected chi connectivity index (χ4v) is 3.02. The van der Waals surface area contributed by atoms with Crippen LogP contribution in [0.5, 0.6) is 0 Å². The number of nitrogens with zero attached hydrogens (tertiary/aromatic N) is 5. The van der Waals surface area contributed by atoms with Gasteiger partial charge < -0.3 is 5.32 Å². The zero-order valence-electron chi connectivity index (χ0n) is 16.0. The first-order chi connectivity index (χ1) is 14.7. The summed E-state index contributed by atoms with van der Waals surface area (Å²) in [5, 5.41) is 16.0. The molecule has 0 aliphatic heterocycles. The predicted molar refractivity (Wildman–Crippen MR) is 116 cm³/mol. The molecule has 0 aliphatic carbocycles. The van der Waals surface area contributed by atoms with E-state index in [1.165, 1.54) is 6.08 Å². The molecular formula is C22H19ClN6O. The van der Waals surface area contributed by atoms with Crippen LogP contribution in [0, 0.1) is 0 Å². The summed E-state index contributed by atoms with van der Waals surface area (Å²) in [6, 6.07) is 19.2. The van der Waals surface area contributed by atoms with Crippen LogP contribution >= 0.6 is 11.6 Å². The quantitative estimate of drug-likeness (QED) is 0.462. The van der Waals surface area contributed by atoms with E-state index in [1.54, 1.807) is 33.9 Å². The van der Waals surface area contributed by atoms with E-state index in [1.807, 2.05) is 54.6 Å². The number of carbonyl (C=O) groups is 1. The lowest BCUT2D eigenvalue weighted by Crippen LogP contribution is -2.13. The molecule has 0 fully saturated rings. The third-order valence-electron chi connectivity index (χ3n) is 4.36. The number of halogens is 1. The average molecular weight is 419 g/mol. The lowest BCUT2D eigenvalue weighted by Gasteiger charge is -2.08. The van der Waals surface area contributed by atoms with E-state index in [4.69, 9.17) is 11.6 Å². The molecule has 0 saturated heterocycles. The largest absolute Gasteiger partial charge is 0.307 e. The molecule has 1 N–H and O–H groups in total. The Labute approximate surface area is 178 Å². The predicted octanol–water partition coefficient (Wildman–Crippen LogP) is 3.88. The molecule has 0 radical (unpaired) electrons. The number of carbonyl (C=O) groups excluding carboxylic acids is 1. The minimum atomic E-state index is -0.273. The van der Waals surface area contributed by atoms with Crippen LogP contribution in [-0.4, -0.2) is 30.7 Å². The Morgan fingerprint density at radius 3 is 2.57 bits per heavy atom. The van der Waals surface area contributed by atoms with Gasteiger partial charge in [-0.25, -0.2) is 9.36 Å². The standard InChI is InChI=1S/C22H19ClN6O/c23-19-8-6-18(7-9-19)15-29-21(12-13-24-29)25-22(30)11-10-20-16-28(27-26-20)14-17-4-2-1-3-5-17/h1-13,16H,14-15H2,(H,25,30)/b11-10+. The second kappa shape index (κ2) is 9.19. The second-order valence-electron chi connectivity index (χ2n) is 6.65. The van der Waals surface area contributed by atoms with Crippen LogP contribution in [0.2, 0.25) is 5.02 Å². The van der Waals surface area contributed by atoms with E-state index >= 15 is 0 Å². The molecule has 1 amide bonds. The van der Waals surface area contributed by atoms with Crippen molar-refractivity contribution in [2.24, 2.45) is 0 Å². The van der Waals surface area contributed by atoms with Crippen molar-refractivity contribution < 1.29 is 4.79 Å². The van der Waals surface area contributed by atoms with Gasteiger partial charge in [-0.15, -0.1) is 5.10 Å². The first-order valence-electron chi connectivity index (χ1n) is 9.35. The monoisotopic (exact) mass is 418 g/mol. The van der Waals surface area contributed by atoms with Gasteiger partial charge in [-0.05, 0) is 29.3 Å². The van der Waals surface area contributed by atoms with Crippen LogP contribution in [0.25, 0.3) is 6.08 Å². The third kappa shape index (κ3) is 5.21. The second-order valence-corrected chi connectivity index (χ2v) is 7.09. The molecule has 4 rings (SSSR count). The van der Waals surface area contributed by atoms with E-state index in [0.29, 0.717) is 29.6 Å². The van der Waals surface area contributed by atoms with Gasteiger partial charge in [-0.2, -0.15) is 5.10 Å². The first kappa shape index (κ1) is 19.6. The highest BCUT2D eigenvalue weighted by Gasteiger charge is 2.06. The van der Waals surface area contributed by atoms with Crippen molar-refractivity contribution in [1.82, 2.24) is 24.8 Å². The summed E-state index contributed by atoms with van der Waals surface area (Å²) in [5.74, 6) is 0.331. The Morgan fingerprint density at radius 2 is 1.77 bits per heavy atom. The SMILES string of the molecule is O=C(/C=C/c1cn(Cc2ccccc2)nn1)Nc1ccnn1Cc1ccc(Cl)cc1. The van der Waals surface area contributed by atoms with Gasteiger partial charge in [0.15, 0.2) is 0 Å². The van der Waals surface area contributed by atoms with Gasteiger partial charge in [0.1, 0.15) is 11.5 Å². The van der Waals surface area contributed by atoms with Crippen molar-refractivity contribution in [2.45, 2.75) is 13.1 Å². The van der Waals surface area contributed by atoms with Crippen LogP contribution in [0.4, 0.5) is 5.82 Å². The van der Waals surface area contributed by atoms with Crippen molar-refractivity contribution >= 4 is 29.4 Å². The van der Waals surface area contributed by atoms with Gasteiger partial charge in [-0.3, -0.25) is 4.79 Å². The van der Waals surface area contributed by atoms with Crippen molar-refractivity contribution in [3.63, 3.8) is 0 Å². The average Bonchev–Trinajstić information content (AvgIpc) is 3.38. The molecule has 2 heterocycles. The number of rotatable bonds is 7. The Bertz CT molecular complexity index is 1150. The van der Waals surface area contributed by atoms with Gasteiger partial charge in [0.05, 0.1) is 25.5 Å². The Kier molecular flexibility index (Phi) is 6.01. The maximum Gasteiger partial charge on any atom is 0.249 e. The topological polar surface area (TPSA) is 77.6 Å². The van der Waals surface area contributed by atoms with Crippen molar-refractivity contribution in [3.05, 3.63) is 101 Å². The van der Waals surface area contributed by atoms with Crippen LogP contribution in [0.1, 0.15) is 16.8 Å².